The first-order chi connectivity index (χ1) is 19.9. The normalized spacial score (nSPS) is 16.7. The molecule has 4 aromatic rings. The molecule has 0 bridgehead atoms. The van der Waals surface area contributed by atoms with Gasteiger partial charge < -0.3 is 10.5 Å². The van der Waals surface area contributed by atoms with Gasteiger partial charge in [-0.25, -0.2) is 4.79 Å². The zero-order valence-electron chi connectivity index (χ0n) is 22.2. The molecule has 0 aliphatic carbocycles. The smallest absolute Gasteiger partial charge is 0.410 e. The fourth-order valence-corrected chi connectivity index (χ4v) is 7.10. The summed E-state index contributed by atoms with van der Waals surface area (Å²) in [6.07, 6.45) is -0.277. The maximum atomic E-state index is 13.2. The third kappa shape index (κ3) is 5.95. The van der Waals surface area contributed by atoms with E-state index >= 15 is 0 Å². The van der Waals surface area contributed by atoms with Crippen LogP contribution < -0.4 is 5.73 Å². The molecule has 41 heavy (non-hydrogen) atoms. The Morgan fingerprint density at radius 1 is 0.854 bits per heavy atom. The molecule has 8 nitrogen and oxygen atoms in total. The van der Waals surface area contributed by atoms with Gasteiger partial charge in [0.1, 0.15) is 12.6 Å². The Bertz CT molecular complexity index is 1400. The van der Waals surface area contributed by atoms with Crippen LogP contribution in [0.25, 0.3) is 0 Å². The number of likely N-dealkylation sites (tertiary alicyclic amines) is 1. The highest BCUT2D eigenvalue weighted by Crippen LogP contribution is 2.52. The quantitative estimate of drug-likeness (QED) is 0.153. The Labute approximate surface area is 242 Å². The summed E-state index contributed by atoms with van der Waals surface area (Å²) in [7, 11) is 0. The van der Waals surface area contributed by atoms with Crippen LogP contribution in [0, 0.1) is 10.1 Å². The minimum atomic E-state index is -0.822. The summed E-state index contributed by atoms with van der Waals surface area (Å²) in [6.45, 7) is 0.185. The molecule has 2 N–H and O–H groups in total. The van der Waals surface area contributed by atoms with E-state index in [0.717, 1.165) is 16.7 Å². The highest BCUT2D eigenvalue weighted by molar-refractivity contribution is 8.01. The zero-order chi connectivity index (χ0) is 28.8. The van der Waals surface area contributed by atoms with Crippen molar-refractivity contribution in [2.45, 2.75) is 29.1 Å². The number of nitro benzene ring substituents is 1. The van der Waals surface area contributed by atoms with E-state index < -0.39 is 27.7 Å². The number of carbonyl (C=O) groups is 2. The van der Waals surface area contributed by atoms with E-state index in [1.54, 1.807) is 11.8 Å². The summed E-state index contributed by atoms with van der Waals surface area (Å²) in [5, 5.41) is 10.8. The van der Waals surface area contributed by atoms with Crippen LogP contribution in [0.15, 0.2) is 115 Å². The van der Waals surface area contributed by atoms with Crippen LogP contribution in [-0.4, -0.2) is 39.7 Å². The number of amides is 2. The molecule has 1 heterocycles. The largest absolute Gasteiger partial charge is 0.445 e. The van der Waals surface area contributed by atoms with Crippen molar-refractivity contribution in [2.24, 2.45) is 5.73 Å². The molecule has 2 atom stereocenters. The lowest BCUT2D eigenvalue weighted by atomic mass is 9.84. The molecule has 0 unspecified atom stereocenters. The van der Waals surface area contributed by atoms with Crippen molar-refractivity contribution in [2.75, 3.05) is 6.54 Å². The van der Waals surface area contributed by atoms with Gasteiger partial charge in [-0.2, -0.15) is 0 Å². The van der Waals surface area contributed by atoms with E-state index in [2.05, 4.69) is 36.4 Å². The van der Waals surface area contributed by atoms with Crippen LogP contribution in [0.2, 0.25) is 0 Å². The van der Waals surface area contributed by atoms with E-state index in [9.17, 15) is 19.7 Å². The Morgan fingerprint density at radius 2 is 1.34 bits per heavy atom. The van der Waals surface area contributed by atoms with Crippen LogP contribution in [0.5, 0.6) is 0 Å². The fraction of sp³-hybridized carbons (Fsp3) is 0.188. The molecule has 0 radical (unpaired) electrons. The lowest BCUT2D eigenvalue weighted by molar-refractivity contribution is -0.384. The summed E-state index contributed by atoms with van der Waals surface area (Å²) in [5.74, 6) is -0.592. The van der Waals surface area contributed by atoms with Crippen molar-refractivity contribution in [3.05, 3.63) is 148 Å². The molecular weight excluding hydrogens is 538 g/mol. The Morgan fingerprint density at radius 3 is 1.78 bits per heavy atom. The SMILES string of the molecule is NC(=O)[C@@H]1C[C@@H](SC(c2ccccc2)(c2ccccc2)c2ccccc2)CN1C(=O)OCc1ccc([N+](=O)[O-])cc1. The van der Waals surface area contributed by atoms with E-state index in [1.165, 1.54) is 29.2 Å². The molecule has 9 heteroatoms. The average Bonchev–Trinajstić information content (AvgIpc) is 3.44. The number of non-ortho nitro benzene ring substituents is 1. The number of primary amides is 1. The molecule has 4 aromatic carbocycles. The number of nitrogens with zero attached hydrogens (tertiary/aromatic N) is 2. The van der Waals surface area contributed by atoms with E-state index in [4.69, 9.17) is 10.5 Å². The number of carbonyl (C=O) groups excluding carboxylic acids is 2. The molecule has 0 saturated carbocycles. The molecule has 208 valence electrons. The highest BCUT2D eigenvalue weighted by Gasteiger charge is 2.46. The van der Waals surface area contributed by atoms with Gasteiger partial charge in [0.25, 0.3) is 5.69 Å². The number of hydrogen-bond acceptors (Lipinski definition) is 6. The number of nitrogens with two attached hydrogens (primary N) is 1. The predicted octanol–water partition coefficient (Wildman–Crippen LogP) is 5.88. The fourth-order valence-electron chi connectivity index (χ4n) is 5.27. The molecule has 2 amide bonds. The average molecular weight is 568 g/mol. The van der Waals surface area contributed by atoms with E-state index in [0.29, 0.717) is 12.0 Å². The highest BCUT2D eigenvalue weighted by atomic mass is 32.2. The van der Waals surface area contributed by atoms with Gasteiger partial charge in [-0.3, -0.25) is 19.8 Å². The first-order valence-electron chi connectivity index (χ1n) is 13.2. The summed E-state index contributed by atoms with van der Waals surface area (Å²) >= 11 is 1.70. The summed E-state index contributed by atoms with van der Waals surface area (Å²) in [4.78, 5) is 37.6. The molecule has 1 aliphatic rings. The van der Waals surface area contributed by atoms with Gasteiger partial charge in [0.2, 0.25) is 5.91 Å². The summed E-state index contributed by atoms with van der Waals surface area (Å²) in [5.41, 5.74) is 9.57. The first kappa shape index (κ1) is 27.9. The van der Waals surface area contributed by atoms with Crippen LogP contribution in [0.3, 0.4) is 0 Å². The van der Waals surface area contributed by atoms with Gasteiger partial charge >= 0.3 is 6.09 Å². The number of hydrogen-bond donors (Lipinski definition) is 1. The Kier molecular flexibility index (Phi) is 8.35. The maximum absolute atomic E-state index is 13.2. The third-order valence-corrected chi connectivity index (χ3v) is 8.96. The number of ether oxygens (including phenoxy) is 1. The second-order valence-electron chi connectivity index (χ2n) is 9.80. The minimum absolute atomic E-state index is 0.0491. The maximum Gasteiger partial charge on any atom is 0.410 e. The molecule has 0 spiro atoms. The number of thioether (sulfide) groups is 1. The van der Waals surface area contributed by atoms with Gasteiger partial charge in [0, 0.05) is 23.9 Å². The van der Waals surface area contributed by atoms with Crippen molar-refractivity contribution in [1.29, 1.82) is 0 Å². The van der Waals surface area contributed by atoms with Crippen LogP contribution in [0.4, 0.5) is 10.5 Å². The molecular formula is C32H29N3O5S. The number of benzene rings is 4. The second kappa shape index (κ2) is 12.3. The zero-order valence-corrected chi connectivity index (χ0v) is 23.0. The van der Waals surface area contributed by atoms with E-state index in [-0.39, 0.29) is 24.1 Å². The van der Waals surface area contributed by atoms with Crippen molar-refractivity contribution < 1.29 is 19.2 Å². The lowest BCUT2D eigenvalue weighted by Crippen LogP contribution is -2.43. The van der Waals surface area contributed by atoms with Crippen LogP contribution >= 0.6 is 11.8 Å². The lowest BCUT2D eigenvalue weighted by Gasteiger charge is -2.37. The van der Waals surface area contributed by atoms with Crippen LogP contribution in [-0.2, 0) is 20.9 Å². The van der Waals surface area contributed by atoms with Gasteiger partial charge in [-0.05, 0) is 40.8 Å². The molecule has 1 fully saturated rings. The molecule has 1 saturated heterocycles. The third-order valence-electron chi connectivity index (χ3n) is 7.22. The number of nitro groups is 1. The summed E-state index contributed by atoms with van der Waals surface area (Å²) < 4.78 is 4.91. The van der Waals surface area contributed by atoms with Gasteiger partial charge in [0.15, 0.2) is 0 Å². The topological polar surface area (TPSA) is 116 Å². The predicted molar refractivity (Wildman–Crippen MR) is 158 cm³/mol. The molecule has 0 aromatic heterocycles. The number of rotatable bonds is 9. The molecule has 5 rings (SSSR count). The minimum Gasteiger partial charge on any atom is -0.445 e. The van der Waals surface area contributed by atoms with E-state index in [1.807, 2.05) is 54.6 Å². The Balaban J connectivity index is 1.43. The first-order valence-corrected chi connectivity index (χ1v) is 14.1. The Hall–Kier alpha value is -4.63. The molecule has 1 aliphatic heterocycles. The summed E-state index contributed by atoms with van der Waals surface area (Å²) in [6, 6.07) is 35.6. The standard InChI is InChI=1S/C32H29N3O5S/c33-30(36)29-20-28(21-34(29)31(37)40-22-23-16-18-27(19-17-23)35(38)39)41-32(24-10-4-1-5-11-24,25-12-6-2-7-13-25)26-14-8-3-9-15-26/h1-19,28-29H,20-22H2,(H2,33,36)/t28-,29+/m1/s1. The second-order valence-corrected chi connectivity index (χ2v) is 11.3. The van der Waals surface area contributed by atoms with Gasteiger partial charge in [-0.1, -0.05) is 91.0 Å². The van der Waals surface area contributed by atoms with Crippen LogP contribution in [0.1, 0.15) is 28.7 Å². The van der Waals surface area contributed by atoms with Gasteiger partial charge in [0.05, 0.1) is 9.67 Å². The van der Waals surface area contributed by atoms with Crippen molar-refractivity contribution in [3.8, 4) is 0 Å². The van der Waals surface area contributed by atoms with Crippen molar-refractivity contribution in [3.63, 3.8) is 0 Å². The van der Waals surface area contributed by atoms with Gasteiger partial charge in [-0.15, -0.1) is 11.8 Å². The monoisotopic (exact) mass is 567 g/mol. The van der Waals surface area contributed by atoms with Crippen molar-refractivity contribution >= 4 is 29.4 Å². The van der Waals surface area contributed by atoms with Crippen molar-refractivity contribution in [1.82, 2.24) is 4.90 Å².